The molecule has 4 heteroatoms. The third kappa shape index (κ3) is 3.56. The summed E-state index contributed by atoms with van der Waals surface area (Å²) in [7, 11) is 0. The van der Waals surface area contributed by atoms with Crippen LogP contribution in [0.5, 0.6) is 0 Å². The first-order chi connectivity index (χ1) is 13.3. The fourth-order valence-corrected chi connectivity index (χ4v) is 5.47. The Balaban J connectivity index is 0.000000122. The van der Waals surface area contributed by atoms with Crippen molar-refractivity contribution in [2.75, 3.05) is 0 Å². The monoisotopic (exact) mass is 384 g/mol. The molecule has 0 bridgehead atoms. The normalized spacial score (nSPS) is 38.7. The standard InChI is InChI=1S/2C12H16O2/c2*1-12(2)13-10-6-8-4-3-5-9(8)7-11(10)14-12/h2*3-4,10-11H,5-7H2,1-2H3/t2*10-,11-/m00/s1. The van der Waals surface area contributed by atoms with E-state index < -0.39 is 0 Å². The number of fused-ring (bicyclic) bond motifs is 2. The van der Waals surface area contributed by atoms with Crippen LogP contribution in [0, 0.1) is 0 Å². The van der Waals surface area contributed by atoms with E-state index in [4.69, 9.17) is 18.9 Å². The number of ether oxygens (including phenoxy) is 4. The summed E-state index contributed by atoms with van der Waals surface area (Å²) in [4.78, 5) is 0. The lowest BCUT2D eigenvalue weighted by Crippen LogP contribution is -2.27. The zero-order chi connectivity index (χ0) is 19.5. The van der Waals surface area contributed by atoms with Crippen molar-refractivity contribution < 1.29 is 18.9 Å². The van der Waals surface area contributed by atoms with Crippen LogP contribution in [-0.4, -0.2) is 36.0 Å². The molecular formula is C24H32O4. The minimum absolute atomic E-state index is 0.284. The van der Waals surface area contributed by atoms with Gasteiger partial charge in [0.1, 0.15) is 0 Å². The summed E-state index contributed by atoms with van der Waals surface area (Å²) in [6.07, 6.45) is 16.6. The molecule has 6 aliphatic rings. The Kier molecular flexibility index (Phi) is 4.48. The van der Waals surface area contributed by atoms with E-state index in [0.717, 1.165) is 38.5 Å². The van der Waals surface area contributed by atoms with Crippen LogP contribution in [0.15, 0.2) is 46.6 Å². The summed E-state index contributed by atoms with van der Waals surface area (Å²) < 4.78 is 23.5. The van der Waals surface area contributed by atoms with Gasteiger partial charge in [-0.05, 0) is 64.5 Å². The van der Waals surface area contributed by atoms with Gasteiger partial charge in [0.05, 0.1) is 24.4 Å². The van der Waals surface area contributed by atoms with Crippen LogP contribution in [0.3, 0.4) is 0 Å². The van der Waals surface area contributed by atoms with Gasteiger partial charge in [-0.2, -0.15) is 0 Å². The molecule has 0 N–H and O–H groups in total. The molecule has 28 heavy (non-hydrogen) atoms. The van der Waals surface area contributed by atoms with Gasteiger partial charge in [-0.1, -0.05) is 35.5 Å². The number of rotatable bonds is 0. The summed E-state index contributed by atoms with van der Waals surface area (Å²) in [6, 6.07) is 0. The van der Waals surface area contributed by atoms with Gasteiger partial charge in [0, 0.05) is 12.8 Å². The Bertz CT molecular complexity index is 716. The molecular weight excluding hydrogens is 352 g/mol. The predicted octanol–water partition coefficient (Wildman–Crippen LogP) is 5.11. The molecule has 2 heterocycles. The lowest BCUT2D eigenvalue weighted by atomic mass is 9.89. The number of allylic oxidation sites excluding steroid dienone is 4. The molecule has 0 aromatic rings. The molecule has 4 aliphatic carbocycles. The summed E-state index contributed by atoms with van der Waals surface area (Å²) in [5, 5.41) is 0. The second-order valence-electron chi connectivity index (χ2n) is 9.71. The van der Waals surface area contributed by atoms with Crippen LogP contribution in [0.1, 0.15) is 66.2 Å². The second-order valence-corrected chi connectivity index (χ2v) is 9.71. The lowest BCUT2D eigenvalue weighted by Gasteiger charge is -2.24. The molecule has 2 fully saturated rings. The summed E-state index contributed by atoms with van der Waals surface area (Å²) >= 11 is 0. The van der Waals surface area contributed by atoms with E-state index in [1.807, 2.05) is 27.7 Å². The Hall–Kier alpha value is -1.20. The van der Waals surface area contributed by atoms with Crippen LogP contribution >= 0.6 is 0 Å². The average molecular weight is 385 g/mol. The van der Waals surface area contributed by atoms with Crippen molar-refractivity contribution in [3.8, 4) is 0 Å². The summed E-state index contributed by atoms with van der Waals surface area (Å²) in [5.41, 5.74) is 6.11. The Labute approximate surface area is 168 Å². The van der Waals surface area contributed by atoms with Crippen molar-refractivity contribution in [1.82, 2.24) is 0 Å². The topological polar surface area (TPSA) is 36.9 Å². The Morgan fingerprint density at radius 2 is 0.964 bits per heavy atom. The largest absolute Gasteiger partial charge is 0.344 e. The van der Waals surface area contributed by atoms with Crippen LogP contribution in [-0.2, 0) is 18.9 Å². The van der Waals surface area contributed by atoms with Crippen molar-refractivity contribution in [2.45, 2.75) is 102 Å². The third-order valence-corrected chi connectivity index (χ3v) is 6.58. The smallest absolute Gasteiger partial charge is 0.163 e. The maximum atomic E-state index is 5.88. The quantitative estimate of drug-likeness (QED) is 0.581. The van der Waals surface area contributed by atoms with Gasteiger partial charge in [-0.25, -0.2) is 0 Å². The number of hydrogen-bond donors (Lipinski definition) is 0. The van der Waals surface area contributed by atoms with Gasteiger partial charge in [0.25, 0.3) is 0 Å². The van der Waals surface area contributed by atoms with Gasteiger partial charge >= 0.3 is 0 Å². The molecule has 0 spiro atoms. The van der Waals surface area contributed by atoms with E-state index in [2.05, 4.69) is 24.3 Å². The maximum absolute atomic E-state index is 5.88. The Morgan fingerprint density at radius 1 is 0.607 bits per heavy atom. The van der Waals surface area contributed by atoms with E-state index in [9.17, 15) is 0 Å². The first-order valence-corrected chi connectivity index (χ1v) is 10.7. The molecule has 4 nitrogen and oxygen atoms in total. The zero-order valence-corrected chi connectivity index (χ0v) is 17.5. The van der Waals surface area contributed by atoms with E-state index in [1.54, 1.807) is 11.1 Å². The highest BCUT2D eigenvalue weighted by Gasteiger charge is 2.45. The first kappa shape index (κ1) is 18.8. The fraction of sp³-hybridized carbons (Fsp3) is 0.667. The van der Waals surface area contributed by atoms with E-state index in [-0.39, 0.29) is 23.8 Å². The second kappa shape index (κ2) is 6.66. The minimum Gasteiger partial charge on any atom is -0.344 e. The van der Waals surface area contributed by atoms with Crippen LogP contribution in [0.4, 0.5) is 0 Å². The molecule has 6 rings (SSSR count). The molecule has 2 aliphatic heterocycles. The fourth-order valence-electron chi connectivity index (χ4n) is 5.47. The zero-order valence-electron chi connectivity index (χ0n) is 17.5. The summed E-state index contributed by atoms with van der Waals surface area (Å²) in [5.74, 6) is -0.752. The van der Waals surface area contributed by atoms with Gasteiger partial charge in [-0.3, -0.25) is 0 Å². The van der Waals surface area contributed by atoms with Crippen molar-refractivity contribution in [3.63, 3.8) is 0 Å². The molecule has 0 saturated carbocycles. The van der Waals surface area contributed by atoms with E-state index >= 15 is 0 Å². The van der Waals surface area contributed by atoms with Gasteiger partial charge < -0.3 is 18.9 Å². The van der Waals surface area contributed by atoms with Crippen molar-refractivity contribution in [3.05, 3.63) is 46.6 Å². The van der Waals surface area contributed by atoms with Crippen molar-refractivity contribution in [2.24, 2.45) is 0 Å². The highest BCUT2D eigenvalue weighted by atomic mass is 16.8. The first-order valence-electron chi connectivity index (χ1n) is 10.7. The van der Waals surface area contributed by atoms with Crippen molar-refractivity contribution >= 4 is 0 Å². The van der Waals surface area contributed by atoms with E-state index in [0.29, 0.717) is 12.2 Å². The maximum Gasteiger partial charge on any atom is 0.163 e. The SMILES string of the molecule is CC1(C)O[C@H]2CC3=C(CC=C3)C[C@@H]2O1.CC1(C)O[C@H]2CC3=C(CC=C3)C[C@@H]2O1. The molecule has 0 amide bonds. The molecule has 0 unspecified atom stereocenters. The molecule has 0 aromatic carbocycles. The summed E-state index contributed by atoms with van der Waals surface area (Å²) in [6.45, 7) is 8.02. The molecule has 4 atom stereocenters. The molecule has 0 aromatic heterocycles. The highest BCUT2D eigenvalue weighted by molar-refractivity contribution is 5.38. The highest BCUT2D eigenvalue weighted by Crippen LogP contribution is 2.43. The van der Waals surface area contributed by atoms with Gasteiger partial charge in [0.15, 0.2) is 11.6 Å². The lowest BCUT2D eigenvalue weighted by molar-refractivity contribution is -0.145. The Morgan fingerprint density at radius 3 is 1.36 bits per heavy atom. The van der Waals surface area contributed by atoms with Crippen LogP contribution in [0.25, 0.3) is 0 Å². The van der Waals surface area contributed by atoms with Crippen molar-refractivity contribution in [1.29, 1.82) is 0 Å². The molecule has 0 radical (unpaired) electrons. The number of hydrogen-bond acceptors (Lipinski definition) is 4. The minimum atomic E-state index is -0.376. The van der Waals surface area contributed by atoms with Crippen LogP contribution < -0.4 is 0 Å². The molecule has 152 valence electrons. The predicted molar refractivity (Wildman–Crippen MR) is 108 cm³/mol. The van der Waals surface area contributed by atoms with Gasteiger partial charge in [-0.15, -0.1) is 0 Å². The van der Waals surface area contributed by atoms with Gasteiger partial charge in [0.2, 0.25) is 0 Å². The van der Waals surface area contributed by atoms with Crippen LogP contribution in [0.2, 0.25) is 0 Å². The average Bonchev–Trinajstić information content (AvgIpc) is 3.32. The third-order valence-electron chi connectivity index (χ3n) is 6.58. The van der Waals surface area contributed by atoms with E-state index in [1.165, 1.54) is 11.1 Å². The molecule has 2 saturated heterocycles.